The number of aliphatic hydroxyl groups excluding tert-OH is 1. The number of aliphatic hydroxyl groups is 1. The highest BCUT2D eigenvalue weighted by Crippen LogP contribution is 2.30. The summed E-state index contributed by atoms with van der Waals surface area (Å²) in [5.41, 5.74) is 1.05. The molecule has 8 nitrogen and oxygen atoms in total. The number of carbonyl (C=O) groups excluding carboxylic acids is 1. The lowest BCUT2D eigenvalue weighted by molar-refractivity contribution is -0.143. The van der Waals surface area contributed by atoms with E-state index in [-0.39, 0.29) is 17.9 Å². The van der Waals surface area contributed by atoms with Crippen LogP contribution in [0.4, 0.5) is 0 Å². The lowest BCUT2D eigenvalue weighted by atomic mass is 9.87. The molecule has 1 saturated carbocycles. The van der Waals surface area contributed by atoms with Gasteiger partial charge < -0.3 is 25.0 Å². The molecule has 1 unspecified atom stereocenters. The second-order valence-corrected chi connectivity index (χ2v) is 8.39. The Kier molecular flexibility index (Phi) is 8.94. The highest BCUT2D eigenvalue weighted by molar-refractivity contribution is 6.30. The minimum Gasteiger partial charge on any atom is -0.496 e. The topological polar surface area (TPSA) is 117 Å². The molecule has 0 saturated heterocycles. The summed E-state index contributed by atoms with van der Waals surface area (Å²) in [5.74, 6) is -0.385. The molecular weight excluding hydrogens is 448 g/mol. The van der Waals surface area contributed by atoms with E-state index in [1.807, 2.05) is 0 Å². The van der Waals surface area contributed by atoms with Gasteiger partial charge in [-0.2, -0.15) is 0 Å². The highest BCUT2D eigenvalue weighted by atomic mass is 35.5. The van der Waals surface area contributed by atoms with E-state index in [0.29, 0.717) is 66.4 Å². The van der Waals surface area contributed by atoms with Gasteiger partial charge in [-0.15, -0.1) is 0 Å². The molecule has 1 atom stereocenters. The van der Waals surface area contributed by atoms with Crippen LogP contribution in [-0.2, 0) is 4.79 Å². The molecule has 1 aliphatic rings. The Balaban J connectivity index is 1.48. The van der Waals surface area contributed by atoms with Crippen LogP contribution in [0.5, 0.6) is 11.5 Å². The van der Waals surface area contributed by atoms with Gasteiger partial charge in [-0.3, -0.25) is 14.9 Å². The van der Waals surface area contributed by atoms with Crippen LogP contribution >= 0.6 is 11.6 Å². The predicted molar refractivity (Wildman–Crippen MR) is 124 cm³/mol. The maximum absolute atomic E-state index is 12.6. The standard InChI is InChI=1S/C24H29ClN2O6/c1-32-21-14-19(33-18-8-4-16(5-9-18)24(30)31)10-11-20(21)23(29)27-13-12-26-22(28)15-2-6-17(25)7-3-15/h2-3,6-7,10-11,14,16,18,22,26,28H,4-5,8-9,12-13H2,1H3,(H,27,29)(H,30,31). The molecule has 3 rings (SSSR count). The molecular formula is C24H29ClN2O6. The summed E-state index contributed by atoms with van der Waals surface area (Å²) in [4.78, 5) is 23.7. The molecule has 0 aromatic heterocycles. The molecule has 0 spiro atoms. The second kappa shape index (κ2) is 11.9. The van der Waals surface area contributed by atoms with Crippen molar-refractivity contribution in [2.45, 2.75) is 38.0 Å². The van der Waals surface area contributed by atoms with Crippen molar-refractivity contribution < 1.29 is 29.3 Å². The first-order valence-corrected chi connectivity index (χ1v) is 11.3. The molecule has 0 radical (unpaired) electrons. The van der Waals surface area contributed by atoms with E-state index in [4.69, 9.17) is 26.2 Å². The number of carbonyl (C=O) groups is 2. The van der Waals surface area contributed by atoms with E-state index >= 15 is 0 Å². The number of carboxylic acids is 1. The fourth-order valence-corrected chi connectivity index (χ4v) is 3.92. The van der Waals surface area contributed by atoms with Gasteiger partial charge >= 0.3 is 5.97 Å². The van der Waals surface area contributed by atoms with Gasteiger partial charge in [0.1, 0.15) is 17.7 Å². The number of hydrogen-bond donors (Lipinski definition) is 4. The summed E-state index contributed by atoms with van der Waals surface area (Å²) in [7, 11) is 1.48. The van der Waals surface area contributed by atoms with Gasteiger partial charge in [0.05, 0.1) is 24.7 Å². The summed E-state index contributed by atoms with van der Waals surface area (Å²) in [5, 5.41) is 25.6. The summed E-state index contributed by atoms with van der Waals surface area (Å²) in [6.45, 7) is 0.662. The van der Waals surface area contributed by atoms with E-state index in [1.54, 1.807) is 42.5 Å². The van der Waals surface area contributed by atoms with Crippen LogP contribution in [0.2, 0.25) is 5.02 Å². The molecule has 2 aromatic rings. The Labute approximate surface area is 197 Å². The number of rotatable bonds is 10. The van der Waals surface area contributed by atoms with Crippen LogP contribution in [0, 0.1) is 5.92 Å². The van der Waals surface area contributed by atoms with Crippen LogP contribution < -0.4 is 20.1 Å². The zero-order chi connectivity index (χ0) is 23.8. The summed E-state index contributed by atoms with van der Waals surface area (Å²) >= 11 is 5.85. The summed E-state index contributed by atoms with van der Waals surface area (Å²) in [6, 6.07) is 11.9. The van der Waals surface area contributed by atoms with E-state index in [1.165, 1.54) is 7.11 Å². The summed E-state index contributed by atoms with van der Waals surface area (Å²) < 4.78 is 11.4. The molecule has 0 heterocycles. The van der Waals surface area contributed by atoms with Crippen LogP contribution in [-0.4, -0.2) is 48.4 Å². The number of amides is 1. The van der Waals surface area contributed by atoms with Crippen LogP contribution in [0.3, 0.4) is 0 Å². The third-order valence-electron chi connectivity index (χ3n) is 5.68. The van der Waals surface area contributed by atoms with Crippen LogP contribution in [0.1, 0.15) is 47.8 Å². The van der Waals surface area contributed by atoms with E-state index in [2.05, 4.69) is 10.6 Å². The molecule has 1 aliphatic carbocycles. The normalized spacial score (nSPS) is 18.9. The van der Waals surface area contributed by atoms with Crippen molar-refractivity contribution in [3.05, 3.63) is 58.6 Å². The van der Waals surface area contributed by atoms with Crippen molar-refractivity contribution in [1.29, 1.82) is 0 Å². The number of hydrogen-bond acceptors (Lipinski definition) is 6. The number of methoxy groups -OCH3 is 1. The molecule has 2 aromatic carbocycles. The van der Waals surface area contributed by atoms with E-state index in [9.17, 15) is 14.7 Å². The zero-order valence-electron chi connectivity index (χ0n) is 18.4. The Morgan fingerprint density at radius 2 is 1.79 bits per heavy atom. The first-order valence-electron chi connectivity index (χ1n) is 10.9. The van der Waals surface area contributed by atoms with Gasteiger partial charge in [0.25, 0.3) is 5.91 Å². The molecule has 33 heavy (non-hydrogen) atoms. The molecule has 4 N–H and O–H groups in total. The molecule has 178 valence electrons. The first kappa shape index (κ1) is 24.8. The Morgan fingerprint density at radius 3 is 2.42 bits per heavy atom. The molecule has 0 bridgehead atoms. The Hall–Kier alpha value is -2.81. The average Bonchev–Trinajstić information content (AvgIpc) is 2.82. The highest BCUT2D eigenvalue weighted by Gasteiger charge is 2.27. The number of nitrogens with one attached hydrogen (secondary N) is 2. The van der Waals surface area contributed by atoms with Gasteiger partial charge in [0.2, 0.25) is 0 Å². The molecule has 1 fully saturated rings. The van der Waals surface area contributed by atoms with Crippen molar-refractivity contribution in [3.63, 3.8) is 0 Å². The number of carboxylic acid groups (broad SMARTS) is 1. The monoisotopic (exact) mass is 476 g/mol. The van der Waals surface area contributed by atoms with Crippen molar-refractivity contribution in [1.82, 2.24) is 10.6 Å². The minimum absolute atomic E-state index is 0.0527. The number of aliphatic carboxylic acids is 1. The van der Waals surface area contributed by atoms with Crippen LogP contribution in [0.15, 0.2) is 42.5 Å². The van der Waals surface area contributed by atoms with Crippen molar-refractivity contribution in [2.75, 3.05) is 20.2 Å². The van der Waals surface area contributed by atoms with E-state index in [0.717, 1.165) is 0 Å². The van der Waals surface area contributed by atoms with Crippen LogP contribution in [0.25, 0.3) is 0 Å². The minimum atomic E-state index is -0.865. The fourth-order valence-electron chi connectivity index (χ4n) is 3.80. The SMILES string of the molecule is COc1cc(OC2CCC(C(=O)O)CC2)ccc1C(=O)NCCNC(O)c1ccc(Cl)cc1. The maximum atomic E-state index is 12.6. The van der Waals surface area contributed by atoms with Crippen molar-refractivity contribution in [2.24, 2.45) is 5.92 Å². The lowest BCUT2D eigenvalue weighted by Gasteiger charge is -2.27. The molecule has 0 aliphatic heterocycles. The van der Waals surface area contributed by atoms with E-state index < -0.39 is 12.2 Å². The predicted octanol–water partition coefficient (Wildman–Crippen LogP) is 3.38. The number of ether oxygens (including phenoxy) is 2. The molecule has 9 heteroatoms. The van der Waals surface area contributed by atoms with Gasteiger partial charge in [-0.25, -0.2) is 0 Å². The number of benzene rings is 2. The van der Waals surface area contributed by atoms with Gasteiger partial charge in [0.15, 0.2) is 0 Å². The van der Waals surface area contributed by atoms with Gasteiger partial charge in [0, 0.05) is 24.2 Å². The fraction of sp³-hybridized carbons (Fsp3) is 0.417. The quantitative estimate of drug-likeness (QED) is 0.307. The summed E-state index contributed by atoms with van der Waals surface area (Å²) in [6.07, 6.45) is 1.63. The van der Waals surface area contributed by atoms with Gasteiger partial charge in [-0.05, 0) is 55.5 Å². The van der Waals surface area contributed by atoms with Crippen molar-refractivity contribution >= 4 is 23.5 Å². The van der Waals surface area contributed by atoms with Crippen molar-refractivity contribution in [3.8, 4) is 11.5 Å². The molecule has 1 amide bonds. The Morgan fingerprint density at radius 1 is 1.09 bits per heavy atom. The average molecular weight is 477 g/mol. The first-order chi connectivity index (χ1) is 15.9. The third kappa shape index (κ3) is 7.08. The second-order valence-electron chi connectivity index (χ2n) is 7.96. The zero-order valence-corrected chi connectivity index (χ0v) is 19.2. The van der Waals surface area contributed by atoms with Gasteiger partial charge in [-0.1, -0.05) is 23.7 Å². The third-order valence-corrected chi connectivity index (χ3v) is 5.93. The maximum Gasteiger partial charge on any atom is 0.306 e. The number of halogens is 1. The Bertz CT molecular complexity index is 944. The largest absolute Gasteiger partial charge is 0.496 e. The lowest BCUT2D eigenvalue weighted by Crippen LogP contribution is -2.33. The smallest absolute Gasteiger partial charge is 0.306 e.